The number of carbonyl (C=O) groups excluding carboxylic acids is 1. The summed E-state index contributed by atoms with van der Waals surface area (Å²) < 4.78 is 13.0. The third-order valence-corrected chi connectivity index (χ3v) is 6.15. The van der Waals surface area contributed by atoms with Gasteiger partial charge >= 0.3 is 6.03 Å². The number of hydrogen-bond acceptors (Lipinski definition) is 7. The van der Waals surface area contributed by atoms with Gasteiger partial charge in [0.05, 0.1) is 23.3 Å². The van der Waals surface area contributed by atoms with E-state index in [9.17, 15) is 4.79 Å². The first kappa shape index (κ1) is 24.9. The zero-order valence-corrected chi connectivity index (χ0v) is 22.0. The van der Waals surface area contributed by atoms with Crippen molar-refractivity contribution in [3.63, 3.8) is 0 Å². The number of nitrogens with one attached hydrogen (secondary N) is 3. The number of oxazole rings is 1. The minimum Gasteiger partial charge on any atom is -0.457 e. The van der Waals surface area contributed by atoms with Gasteiger partial charge in [0.25, 0.3) is 0 Å². The largest absolute Gasteiger partial charge is 0.457 e. The Labute approximate surface area is 229 Å². The quantitative estimate of drug-likeness (QED) is 0.221. The van der Waals surface area contributed by atoms with Crippen LogP contribution in [0, 0.1) is 0 Å². The van der Waals surface area contributed by atoms with Gasteiger partial charge in [0.1, 0.15) is 22.8 Å². The van der Waals surface area contributed by atoms with E-state index in [1.807, 2.05) is 30.3 Å². The predicted octanol–water partition coefficient (Wildman–Crippen LogP) is 6.53. The van der Waals surface area contributed by atoms with Gasteiger partial charge in [-0.1, -0.05) is 20.8 Å². The number of hydrogen-bond donors (Lipinski definition) is 3. The number of amides is 2. The highest BCUT2D eigenvalue weighted by Gasteiger charge is 2.22. The zero-order chi connectivity index (χ0) is 27.7. The maximum absolute atomic E-state index is 13.0. The van der Waals surface area contributed by atoms with Crippen molar-refractivity contribution in [2.75, 3.05) is 10.6 Å². The van der Waals surface area contributed by atoms with Crippen molar-refractivity contribution in [3.05, 3.63) is 91.3 Å². The summed E-state index contributed by atoms with van der Waals surface area (Å²) in [4.78, 5) is 21.6. The Balaban J connectivity index is 1.16. The van der Waals surface area contributed by atoms with E-state index in [0.717, 1.165) is 22.6 Å². The summed E-state index contributed by atoms with van der Waals surface area (Å²) in [5.41, 5.74) is 4.95. The molecule has 2 aromatic carbocycles. The average Bonchev–Trinajstić information content (AvgIpc) is 3.70. The molecule has 4 aromatic heterocycles. The summed E-state index contributed by atoms with van der Waals surface area (Å²) in [5.74, 6) is 1.78. The van der Waals surface area contributed by atoms with Crippen molar-refractivity contribution in [2.45, 2.75) is 26.2 Å². The first-order valence-electron chi connectivity index (χ1n) is 12.6. The highest BCUT2D eigenvalue weighted by atomic mass is 16.5. The molecule has 40 heavy (non-hydrogen) atoms. The standard InChI is InChI=1S/C29H26N8O3/c1-29(2,3)26-14-27(37(36-26)20-6-9-25-24(12-20)31-17-39-25)35-28(38)34-19-4-7-21(8-5-19)40-22-10-11-30-23(13-22)18-15-32-33-16-18/h4-17H,1-3H3,(H,32,33)(H2,34,35,38). The summed E-state index contributed by atoms with van der Waals surface area (Å²) in [6, 6.07) is 17.7. The van der Waals surface area contributed by atoms with Crippen LogP contribution in [0.3, 0.4) is 0 Å². The van der Waals surface area contributed by atoms with Gasteiger partial charge in [-0.05, 0) is 48.5 Å². The highest BCUT2D eigenvalue weighted by molar-refractivity contribution is 5.99. The van der Waals surface area contributed by atoms with Gasteiger partial charge in [0.2, 0.25) is 0 Å². The number of pyridine rings is 1. The fourth-order valence-electron chi connectivity index (χ4n) is 4.06. The van der Waals surface area contributed by atoms with Crippen LogP contribution in [0.25, 0.3) is 28.0 Å². The van der Waals surface area contributed by atoms with Crippen LogP contribution >= 0.6 is 0 Å². The summed E-state index contributed by atoms with van der Waals surface area (Å²) in [6.07, 6.45) is 6.54. The number of fused-ring (bicyclic) bond motifs is 1. The second-order valence-electron chi connectivity index (χ2n) is 10.2. The van der Waals surface area contributed by atoms with Crippen LogP contribution < -0.4 is 15.4 Å². The minimum absolute atomic E-state index is 0.222. The molecule has 0 spiro atoms. The number of anilines is 2. The van der Waals surface area contributed by atoms with Crippen LogP contribution in [-0.2, 0) is 5.41 Å². The number of benzene rings is 2. The summed E-state index contributed by atoms with van der Waals surface area (Å²) in [7, 11) is 0. The number of carbonyl (C=O) groups is 1. The molecule has 0 bridgehead atoms. The number of ether oxygens (including phenoxy) is 1. The molecule has 0 fully saturated rings. The molecule has 2 amide bonds. The number of rotatable bonds is 6. The van der Waals surface area contributed by atoms with E-state index < -0.39 is 6.03 Å². The fraction of sp³-hybridized carbons (Fsp3) is 0.138. The second-order valence-corrected chi connectivity index (χ2v) is 10.2. The summed E-state index contributed by atoms with van der Waals surface area (Å²) in [5, 5.41) is 17.3. The molecule has 3 N–H and O–H groups in total. The Bertz CT molecular complexity index is 1780. The molecule has 0 atom stereocenters. The molecule has 6 rings (SSSR count). The maximum atomic E-state index is 13.0. The van der Waals surface area contributed by atoms with Crippen LogP contribution in [0.4, 0.5) is 16.3 Å². The predicted molar refractivity (Wildman–Crippen MR) is 151 cm³/mol. The molecule has 0 radical (unpaired) electrons. The molecule has 0 aliphatic heterocycles. The molecule has 6 aromatic rings. The molecule has 0 saturated carbocycles. The lowest BCUT2D eigenvalue weighted by Crippen LogP contribution is -2.21. The van der Waals surface area contributed by atoms with E-state index in [0.29, 0.717) is 34.1 Å². The Kier molecular flexibility index (Phi) is 6.23. The van der Waals surface area contributed by atoms with E-state index >= 15 is 0 Å². The molecule has 11 heteroatoms. The lowest BCUT2D eigenvalue weighted by atomic mass is 9.92. The lowest BCUT2D eigenvalue weighted by molar-refractivity contribution is 0.262. The number of aromatic amines is 1. The topological polar surface area (TPSA) is 136 Å². The van der Waals surface area contributed by atoms with E-state index in [-0.39, 0.29) is 5.41 Å². The van der Waals surface area contributed by atoms with Crippen molar-refractivity contribution in [2.24, 2.45) is 0 Å². The minimum atomic E-state index is -0.406. The monoisotopic (exact) mass is 534 g/mol. The van der Waals surface area contributed by atoms with Crippen LogP contribution in [0.5, 0.6) is 11.5 Å². The second kappa shape index (κ2) is 10.0. The number of urea groups is 1. The van der Waals surface area contributed by atoms with Crippen molar-refractivity contribution in [3.8, 4) is 28.4 Å². The van der Waals surface area contributed by atoms with Crippen molar-refractivity contribution >= 4 is 28.6 Å². The molecule has 0 aliphatic rings. The SMILES string of the molecule is CC(C)(C)c1cc(NC(=O)Nc2ccc(Oc3ccnc(-c4cn[nH]c4)c3)cc2)n(-c2ccc3ocnc3c2)n1. The summed E-state index contributed by atoms with van der Waals surface area (Å²) >= 11 is 0. The van der Waals surface area contributed by atoms with Gasteiger partial charge in [-0.3, -0.25) is 15.4 Å². The highest BCUT2D eigenvalue weighted by Crippen LogP contribution is 2.29. The molecule has 0 saturated heterocycles. The zero-order valence-electron chi connectivity index (χ0n) is 22.0. The van der Waals surface area contributed by atoms with Gasteiger partial charge in [-0.15, -0.1) is 0 Å². The smallest absolute Gasteiger partial charge is 0.324 e. The Morgan fingerprint density at radius 3 is 2.60 bits per heavy atom. The van der Waals surface area contributed by atoms with E-state index in [2.05, 4.69) is 51.6 Å². The molecule has 200 valence electrons. The van der Waals surface area contributed by atoms with Gasteiger partial charge in [-0.25, -0.2) is 14.5 Å². The molecule has 0 aliphatic carbocycles. The molecule has 4 heterocycles. The lowest BCUT2D eigenvalue weighted by Gasteiger charge is -2.14. The van der Waals surface area contributed by atoms with E-state index in [1.165, 1.54) is 6.39 Å². The molecular formula is C29H26N8O3. The summed E-state index contributed by atoms with van der Waals surface area (Å²) in [6.45, 7) is 6.20. The Hall–Kier alpha value is -5.45. The van der Waals surface area contributed by atoms with Gasteiger partial charge in [-0.2, -0.15) is 10.2 Å². The van der Waals surface area contributed by atoms with Crippen molar-refractivity contribution < 1.29 is 13.9 Å². The normalized spacial score (nSPS) is 11.5. The fourth-order valence-corrected chi connectivity index (χ4v) is 4.06. The van der Waals surface area contributed by atoms with E-state index in [1.54, 1.807) is 53.6 Å². The number of nitrogens with zero attached hydrogens (tertiary/aromatic N) is 5. The third kappa shape index (κ3) is 5.25. The van der Waals surface area contributed by atoms with Crippen molar-refractivity contribution in [1.82, 2.24) is 29.9 Å². The Morgan fingerprint density at radius 1 is 0.975 bits per heavy atom. The molecule has 11 nitrogen and oxygen atoms in total. The van der Waals surface area contributed by atoms with E-state index in [4.69, 9.17) is 14.3 Å². The van der Waals surface area contributed by atoms with Gasteiger partial charge in [0, 0.05) is 41.2 Å². The van der Waals surface area contributed by atoms with Gasteiger partial charge < -0.3 is 14.5 Å². The molecular weight excluding hydrogens is 508 g/mol. The number of H-pyrrole nitrogens is 1. The van der Waals surface area contributed by atoms with Crippen LogP contribution in [0.15, 0.2) is 90.1 Å². The molecule has 0 unspecified atom stereocenters. The Morgan fingerprint density at radius 2 is 1.82 bits per heavy atom. The van der Waals surface area contributed by atoms with Crippen molar-refractivity contribution in [1.29, 1.82) is 0 Å². The van der Waals surface area contributed by atoms with Crippen LogP contribution in [-0.4, -0.2) is 36.0 Å². The third-order valence-electron chi connectivity index (χ3n) is 6.15. The van der Waals surface area contributed by atoms with Gasteiger partial charge in [0.15, 0.2) is 12.0 Å². The first-order valence-corrected chi connectivity index (χ1v) is 12.6. The number of aromatic nitrogens is 6. The average molecular weight is 535 g/mol. The van der Waals surface area contributed by atoms with Crippen LogP contribution in [0.1, 0.15) is 26.5 Å². The first-order chi connectivity index (χ1) is 19.3. The van der Waals surface area contributed by atoms with Crippen LogP contribution in [0.2, 0.25) is 0 Å². The maximum Gasteiger partial charge on any atom is 0.324 e.